The number of hydrogen-bond donors (Lipinski definition) is 1. The van der Waals surface area contributed by atoms with E-state index in [0.29, 0.717) is 5.56 Å². The zero-order chi connectivity index (χ0) is 13.8. The van der Waals surface area contributed by atoms with E-state index < -0.39 is 0 Å². The molecule has 0 aliphatic rings. The fourth-order valence-electron chi connectivity index (χ4n) is 2.40. The fourth-order valence-corrected chi connectivity index (χ4v) is 2.40. The normalized spacial score (nSPS) is 12.4. The average Bonchev–Trinajstić information content (AvgIpc) is 2.41. The third kappa shape index (κ3) is 2.85. The maximum atomic E-state index is 14.4. The minimum atomic E-state index is -0.114. The van der Waals surface area contributed by atoms with Crippen LogP contribution < -0.4 is 5.32 Å². The zero-order valence-electron chi connectivity index (χ0n) is 11.7. The Hall–Kier alpha value is -1.67. The van der Waals surface area contributed by atoms with E-state index in [9.17, 15) is 4.39 Å². The summed E-state index contributed by atoms with van der Waals surface area (Å²) in [6.45, 7) is 6.71. The molecule has 0 spiro atoms. The van der Waals surface area contributed by atoms with Crippen LogP contribution in [0.15, 0.2) is 42.5 Å². The van der Waals surface area contributed by atoms with Gasteiger partial charge in [-0.2, -0.15) is 0 Å². The molecule has 2 heteroatoms. The molecule has 0 aliphatic heterocycles. The average molecular weight is 257 g/mol. The van der Waals surface area contributed by atoms with Gasteiger partial charge in [-0.25, -0.2) is 4.39 Å². The summed E-state index contributed by atoms with van der Waals surface area (Å²) in [6, 6.07) is 13.6. The quantitative estimate of drug-likeness (QED) is 0.868. The largest absolute Gasteiger partial charge is 0.306 e. The first kappa shape index (κ1) is 13.8. The molecule has 100 valence electrons. The molecule has 1 atom stereocenters. The molecule has 2 aromatic rings. The van der Waals surface area contributed by atoms with Crippen molar-refractivity contribution in [2.75, 3.05) is 6.54 Å². The first-order valence-electron chi connectivity index (χ1n) is 6.69. The Bertz CT molecular complexity index is 563. The number of aryl methyl sites for hydroxylation is 2. The van der Waals surface area contributed by atoms with E-state index in [1.807, 2.05) is 31.2 Å². The summed E-state index contributed by atoms with van der Waals surface area (Å²) in [5, 5.41) is 3.38. The highest BCUT2D eigenvalue weighted by Gasteiger charge is 2.19. The fraction of sp³-hybridized carbons (Fsp3) is 0.294. The molecule has 0 radical (unpaired) electrons. The molecule has 0 aliphatic carbocycles. The van der Waals surface area contributed by atoms with Crippen LogP contribution in [0.1, 0.15) is 35.2 Å². The molecule has 19 heavy (non-hydrogen) atoms. The van der Waals surface area contributed by atoms with Gasteiger partial charge in [-0.1, -0.05) is 49.4 Å². The molecular weight excluding hydrogens is 237 g/mol. The van der Waals surface area contributed by atoms with E-state index in [0.717, 1.165) is 17.7 Å². The van der Waals surface area contributed by atoms with Gasteiger partial charge in [-0.05, 0) is 37.1 Å². The second kappa shape index (κ2) is 5.98. The Morgan fingerprint density at radius 3 is 2.26 bits per heavy atom. The van der Waals surface area contributed by atoms with E-state index in [-0.39, 0.29) is 11.9 Å². The zero-order valence-corrected chi connectivity index (χ0v) is 11.7. The number of benzene rings is 2. The van der Waals surface area contributed by atoms with Crippen molar-refractivity contribution in [3.63, 3.8) is 0 Å². The van der Waals surface area contributed by atoms with Crippen LogP contribution in [0, 0.1) is 19.7 Å². The van der Waals surface area contributed by atoms with Gasteiger partial charge in [0.25, 0.3) is 0 Å². The van der Waals surface area contributed by atoms with E-state index in [2.05, 4.69) is 24.4 Å². The molecule has 0 amide bonds. The smallest absolute Gasteiger partial charge is 0.131 e. The van der Waals surface area contributed by atoms with Crippen molar-refractivity contribution in [3.8, 4) is 0 Å². The monoisotopic (exact) mass is 257 g/mol. The lowest BCUT2D eigenvalue weighted by atomic mass is 9.93. The van der Waals surface area contributed by atoms with Gasteiger partial charge in [0.2, 0.25) is 0 Å². The van der Waals surface area contributed by atoms with Gasteiger partial charge in [0, 0.05) is 5.56 Å². The summed E-state index contributed by atoms with van der Waals surface area (Å²) in [5.74, 6) is -0.114. The van der Waals surface area contributed by atoms with Crippen LogP contribution in [-0.4, -0.2) is 6.54 Å². The number of halogens is 1. The van der Waals surface area contributed by atoms with Gasteiger partial charge in [0.15, 0.2) is 0 Å². The van der Waals surface area contributed by atoms with Crippen LogP contribution in [0.25, 0.3) is 0 Å². The van der Waals surface area contributed by atoms with Gasteiger partial charge in [0.05, 0.1) is 6.04 Å². The van der Waals surface area contributed by atoms with Crippen molar-refractivity contribution in [1.29, 1.82) is 0 Å². The highest BCUT2D eigenvalue weighted by molar-refractivity contribution is 5.39. The molecule has 2 rings (SSSR count). The van der Waals surface area contributed by atoms with Crippen molar-refractivity contribution in [1.82, 2.24) is 5.32 Å². The topological polar surface area (TPSA) is 12.0 Å². The molecule has 1 nitrogen and oxygen atoms in total. The molecule has 0 saturated carbocycles. The molecule has 0 aromatic heterocycles. The van der Waals surface area contributed by atoms with Gasteiger partial charge in [0.1, 0.15) is 5.82 Å². The van der Waals surface area contributed by atoms with Gasteiger partial charge in [-0.15, -0.1) is 0 Å². The third-order valence-corrected chi connectivity index (χ3v) is 3.44. The van der Waals surface area contributed by atoms with Crippen LogP contribution in [-0.2, 0) is 0 Å². The lowest BCUT2D eigenvalue weighted by molar-refractivity contribution is 0.552. The van der Waals surface area contributed by atoms with Crippen LogP contribution in [0.4, 0.5) is 4.39 Å². The Kier molecular flexibility index (Phi) is 4.33. The Labute approximate surface area is 114 Å². The first-order valence-corrected chi connectivity index (χ1v) is 6.69. The maximum absolute atomic E-state index is 14.4. The summed E-state index contributed by atoms with van der Waals surface area (Å²) in [4.78, 5) is 0. The molecule has 0 bridgehead atoms. The van der Waals surface area contributed by atoms with E-state index in [4.69, 9.17) is 0 Å². The minimum absolute atomic E-state index is 0.0916. The van der Waals surface area contributed by atoms with Crippen LogP contribution >= 0.6 is 0 Å². The summed E-state index contributed by atoms with van der Waals surface area (Å²) in [7, 11) is 0. The number of nitrogens with one attached hydrogen (secondary N) is 1. The third-order valence-electron chi connectivity index (χ3n) is 3.44. The van der Waals surface area contributed by atoms with Gasteiger partial charge >= 0.3 is 0 Å². The lowest BCUT2D eigenvalue weighted by Gasteiger charge is -2.22. The van der Waals surface area contributed by atoms with Crippen molar-refractivity contribution >= 4 is 0 Å². The minimum Gasteiger partial charge on any atom is -0.306 e. The Morgan fingerprint density at radius 2 is 1.58 bits per heavy atom. The van der Waals surface area contributed by atoms with Crippen molar-refractivity contribution < 1.29 is 4.39 Å². The standard InChI is InChI=1S/C17H20FN/c1-4-19-17(14-10-6-5-8-12(14)2)15-11-7-9-13(3)16(15)18/h5-11,17,19H,4H2,1-3H3. The van der Waals surface area contributed by atoms with E-state index in [1.54, 1.807) is 13.0 Å². The second-order valence-corrected chi connectivity index (χ2v) is 4.83. The highest BCUT2D eigenvalue weighted by Crippen LogP contribution is 2.27. The summed E-state index contributed by atoms with van der Waals surface area (Å²) in [5.41, 5.74) is 3.72. The predicted octanol–water partition coefficient (Wildman–Crippen LogP) is 4.14. The highest BCUT2D eigenvalue weighted by atomic mass is 19.1. The molecule has 1 N–H and O–H groups in total. The predicted molar refractivity (Wildman–Crippen MR) is 77.8 cm³/mol. The summed E-state index contributed by atoms with van der Waals surface area (Å²) >= 11 is 0. The first-order chi connectivity index (χ1) is 9.15. The lowest BCUT2D eigenvalue weighted by Crippen LogP contribution is -2.24. The Balaban J connectivity index is 2.52. The van der Waals surface area contributed by atoms with Crippen LogP contribution in [0.3, 0.4) is 0 Å². The van der Waals surface area contributed by atoms with Crippen LogP contribution in [0.2, 0.25) is 0 Å². The van der Waals surface area contributed by atoms with E-state index in [1.165, 1.54) is 5.56 Å². The number of rotatable bonds is 4. The molecule has 0 heterocycles. The number of hydrogen-bond acceptors (Lipinski definition) is 1. The second-order valence-electron chi connectivity index (χ2n) is 4.83. The van der Waals surface area contributed by atoms with Crippen molar-refractivity contribution in [2.24, 2.45) is 0 Å². The molecule has 2 aromatic carbocycles. The molecule has 0 saturated heterocycles. The molecule has 1 unspecified atom stereocenters. The van der Waals surface area contributed by atoms with Crippen molar-refractivity contribution in [3.05, 3.63) is 70.5 Å². The van der Waals surface area contributed by atoms with Crippen molar-refractivity contribution in [2.45, 2.75) is 26.8 Å². The maximum Gasteiger partial charge on any atom is 0.131 e. The van der Waals surface area contributed by atoms with E-state index >= 15 is 0 Å². The van der Waals surface area contributed by atoms with Crippen LogP contribution in [0.5, 0.6) is 0 Å². The summed E-state index contributed by atoms with van der Waals surface area (Å²) < 4.78 is 14.4. The van der Waals surface area contributed by atoms with Gasteiger partial charge < -0.3 is 5.32 Å². The Morgan fingerprint density at radius 1 is 0.947 bits per heavy atom. The SMILES string of the molecule is CCNC(c1ccccc1C)c1cccc(C)c1F. The van der Waals surface area contributed by atoms with Gasteiger partial charge in [-0.3, -0.25) is 0 Å². The molecule has 0 fully saturated rings. The molecular formula is C17H20FN. The summed E-state index contributed by atoms with van der Waals surface area (Å²) in [6.07, 6.45) is 0.